The molecule has 1 N–H and O–H groups in total. The lowest BCUT2D eigenvalue weighted by Crippen LogP contribution is -2.19. The molecule has 8 nitrogen and oxygen atoms in total. The van der Waals surface area contributed by atoms with Crippen LogP contribution in [0.1, 0.15) is 43.1 Å². The number of carbonyl (C=O) groups is 1. The Kier molecular flexibility index (Phi) is 5.07. The number of amides is 1. The third-order valence-corrected chi connectivity index (χ3v) is 5.46. The smallest absolute Gasteiger partial charge is 0.260 e. The second-order valence-electron chi connectivity index (χ2n) is 8.06. The Labute approximate surface area is 179 Å². The summed E-state index contributed by atoms with van der Waals surface area (Å²) >= 11 is 0. The van der Waals surface area contributed by atoms with Crippen LogP contribution in [0, 0.1) is 0 Å². The lowest BCUT2D eigenvalue weighted by molar-refractivity contribution is 0.0664. The van der Waals surface area contributed by atoms with Crippen LogP contribution in [-0.2, 0) is 4.74 Å². The van der Waals surface area contributed by atoms with Gasteiger partial charge in [0.1, 0.15) is 11.6 Å². The predicted octanol–water partition coefficient (Wildman–Crippen LogP) is 4.08. The number of hydrogen-bond donors (Lipinski definition) is 1. The average molecular weight is 419 g/mol. The summed E-state index contributed by atoms with van der Waals surface area (Å²) in [7, 11) is 0. The minimum absolute atomic E-state index is 0.0730. The van der Waals surface area contributed by atoms with Crippen molar-refractivity contribution < 1.29 is 14.3 Å². The number of ether oxygens (including phenoxy) is 2. The molecule has 1 saturated heterocycles. The van der Waals surface area contributed by atoms with Gasteiger partial charge in [0.05, 0.1) is 34.9 Å². The Balaban J connectivity index is 1.52. The first-order valence-electron chi connectivity index (χ1n) is 10.6. The van der Waals surface area contributed by atoms with E-state index in [4.69, 9.17) is 14.6 Å². The van der Waals surface area contributed by atoms with Crippen molar-refractivity contribution in [1.29, 1.82) is 0 Å². The Morgan fingerprint density at radius 1 is 1.23 bits per heavy atom. The standard InChI is InChI=1S/C23H25N5O3/c1-15(2)31-21-13-20-16(14-27(26-20)17-7-10-30-11-8-17)12-19(21)23(29)25-22-5-3-4-18-6-9-24-28(18)22/h3-6,9,12-15,17H,7-8,10-11H2,1-2H3,(H,25,29). The summed E-state index contributed by atoms with van der Waals surface area (Å²) < 4.78 is 15.2. The van der Waals surface area contributed by atoms with Crippen LogP contribution in [0.15, 0.2) is 48.8 Å². The summed E-state index contributed by atoms with van der Waals surface area (Å²) in [6.07, 6.45) is 5.51. The minimum Gasteiger partial charge on any atom is -0.490 e. The first-order valence-corrected chi connectivity index (χ1v) is 10.6. The molecule has 4 heterocycles. The zero-order chi connectivity index (χ0) is 21.4. The summed E-state index contributed by atoms with van der Waals surface area (Å²) in [5.74, 6) is 0.866. The van der Waals surface area contributed by atoms with Gasteiger partial charge in [0.2, 0.25) is 0 Å². The summed E-state index contributed by atoms with van der Waals surface area (Å²) in [4.78, 5) is 13.3. The maximum Gasteiger partial charge on any atom is 0.260 e. The topological polar surface area (TPSA) is 82.7 Å². The number of pyridine rings is 1. The molecule has 1 aliphatic rings. The molecular weight excluding hydrogens is 394 g/mol. The van der Waals surface area contributed by atoms with Gasteiger partial charge in [-0.1, -0.05) is 6.07 Å². The van der Waals surface area contributed by atoms with Crippen LogP contribution in [0.3, 0.4) is 0 Å². The van der Waals surface area contributed by atoms with Crippen molar-refractivity contribution >= 4 is 28.1 Å². The number of anilines is 1. The van der Waals surface area contributed by atoms with E-state index in [0.29, 0.717) is 23.2 Å². The van der Waals surface area contributed by atoms with Crippen molar-refractivity contribution in [3.63, 3.8) is 0 Å². The molecule has 3 aromatic heterocycles. The van der Waals surface area contributed by atoms with Gasteiger partial charge in [0.15, 0.2) is 0 Å². The van der Waals surface area contributed by atoms with Crippen molar-refractivity contribution in [3.05, 3.63) is 54.4 Å². The number of aromatic nitrogens is 4. The lowest BCUT2D eigenvalue weighted by atomic mass is 10.1. The SMILES string of the molecule is CC(C)Oc1cc2nn(C3CCOCC3)cc2cc1C(=O)Nc1cccc2ccnn12. The highest BCUT2D eigenvalue weighted by molar-refractivity contribution is 6.08. The normalized spacial score (nSPS) is 15.1. The molecule has 0 unspecified atom stereocenters. The third kappa shape index (κ3) is 3.86. The van der Waals surface area contributed by atoms with E-state index in [9.17, 15) is 4.79 Å². The summed E-state index contributed by atoms with van der Waals surface area (Å²) in [5.41, 5.74) is 2.19. The number of rotatable bonds is 5. The first-order chi connectivity index (χ1) is 15.1. The molecule has 0 radical (unpaired) electrons. The van der Waals surface area contributed by atoms with E-state index >= 15 is 0 Å². The zero-order valence-corrected chi connectivity index (χ0v) is 17.6. The molecule has 0 saturated carbocycles. The summed E-state index contributed by atoms with van der Waals surface area (Å²) in [6.45, 7) is 5.37. The highest BCUT2D eigenvalue weighted by Gasteiger charge is 2.21. The van der Waals surface area contributed by atoms with Crippen molar-refractivity contribution in [2.45, 2.75) is 38.8 Å². The van der Waals surface area contributed by atoms with Crippen molar-refractivity contribution in [3.8, 4) is 5.75 Å². The van der Waals surface area contributed by atoms with Crippen LogP contribution < -0.4 is 10.1 Å². The molecule has 8 heteroatoms. The molecular formula is C23H25N5O3. The second kappa shape index (κ2) is 8.03. The lowest BCUT2D eigenvalue weighted by Gasteiger charge is -2.22. The number of benzene rings is 1. The average Bonchev–Trinajstić information content (AvgIpc) is 3.40. The van der Waals surface area contributed by atoms with Gasteiger partial charge in [-0.2, -0.15) is 10.2 Å². The fourth-order valence-electron chi connectivity index (χ4n) is 3.97. The number of nitrogens with one attached hydrogen (secondary N) is 1. The molecule has 1 aromatic carbocycles. The van der Waals surface area contributed by atoms with Gasteiger partial charge >= 0.3 is 0 Å². The van der Waals surface area contributed by atoms with Gasteiger partial charge in [0, 0.05) is 30.9 Å². The van der Waals surface area contributed by atoms with Gasteiger partial charge in [-0.3, -0.25) is 9.48 Å². The fraction of sp³-hybridized carbons (Fsp3) is 0.348. The van der Waals surface area contributed by atoms with E-state index in [0.717, 1.165) is 42.5 Å². The summed E-state index contributed by atoms with van der Waals surface area (Å²) in [6, 6.07) is 11.6. The molecule has 31 heavy (non-hydrogen) atoms. The van der Waals surface area contributed by atoms with Crippen LogP contribution in [0.25, 0.3) is 16.4 Å². The van der Waals surface area contributed by atoms with E-state index in [2.05, 4.69) is 10.4 Å². The maximum atomic E-state index is 13.3. The Hall–Kier alpha value is -3.39. The van der Waals surface area contributed by atoms with E-state index in [1.807, 2.05) is 61.1 Å². The number of fused-ring (bicyclic) bond motifs is 2. The number of hydrogen-bond acceptors (Lipinski definition) is 5. The molecule has 4 aromatic rings. The van der Waals surface area contributed by atoms with E-state index in [1.165, 1.54) is 0 Å². The van der Waals surface area contributed by atoms with Gasteiger partial charge in [-0.25, -0.2) is 4.52 Å². The molecule has 5 rings (SSSR count). The van der Waals surface area contributed by atoms with Gasteiger partial charge in [0.25, 0.3) is 5.91 Å². The van der Waals surface area contributed by atoms with Crippen LogP contribution in [-0.4, -0.2) is 44.6 Å². The monoisotopic (exact) mass is 419 g/mol. The van der Waals surface area contributed by atoms with Crippen molar-refractivity contribution in [1.82, 2.24) is 19.4 Å². The third-order valence-electron chi connectivity index (χ3n) is 5.46. The Bertz CT molecular complexity index is 1240. The quantitative estimate of drug-likeness (QED) is 0.527. The Morgan fingerprint density at radius 2 is 2.06 bits per heavy atom. The van der Waals surface area contributed by atoms with Crippen molar-refractivity contribution in [2.24, 2.45) is 0 Å². The number of carbonyl (C=O) groups excluding carboxylic acids is 1. The van der Waals surface area contributed by atoms with Crippen LogP contribution in [0.4, 0.5) is 5.82 Å². The van der Waals surface area contributed by atoms with Gasteiger partial charge < -0.3 is 14.8 Å². The van der Waals surface area contributed by atoms with Gasteiger partial charge in [-0.05, 0) is 51.0 Å². The first kappa shape index (κ1) is 19.6. The van der Waals surface area contributed by atoms with Crippen LogP contribution in [0.5, 0.6) is 5.75 Å². The van der Waals surface area contributed by atoms with E-state index in [1.54, 1.807) is 10.7 Å². The molecule has 0 aliphatic carbocycles. The molecule has 1 fully saturated rings. The van der Waals surface area contributed by atoms with Gasteiger partial charge in [-0.15, -0.1) is 0 Å². The highest BCUT2D eigenvalue weighted by Crippen LogP contribution is 2.30. The Morgan fingerprint density at radius 3 is 2.87 bits per heavy atom. The van der Waals surface area contributed by atoms with Crippen LogP contribution >= 0.6 is 0 Å². The van der Waals surface area contributed by atoms with Crippen molar-refractivity contribution in [2.75, 3.05) is 18.5 Å². The summed E-state index contributed by atoms with van der Waals surface area (Å²) in [5, 5.41) is 12.9. The zero-order valence-electron chi connectivity index (χ0n) is 17.6. The number of nitrogens with zero attached hydrogens (tertiary/aromatic N) is 4. The fourth-order valence-corrected chi connectivity index (χ4v) is 3.97. The molecule has 0 atom stereocenters. The van der Waals surface area contributed by atoms with E-state index in [-0.39, 0.29) is 12.0 Å². The van der Waals surface area contributed by atoms with E-state index < -0.39 is 0 Å². The highest BCUT2D eigenvalue weighted by atomic mass is 16.5. The molecule has 1 amide bonds. The minimum atomic E-state index is -0.251. The molecule has 0 spiro atoms. The molecule has 160 valence electrons. The second-order valence-corrected chi connectivity index (χ2v) is 8.06. The largest absolute Gasteiger partial charge is 0.490 e. The molecule has 0 bridgehead atoms. The predicted molar refractivity (Wildman–Crippen MR) is 118 cm³/mol. The molecule has 1 aliphatic heterocycles. The maximum absolute atomic E-state index is 13.3. The van der Waals surface area contributed by atoms with Crippen LogP contribution in [0.2, 0.25) is 0 Å².